The Morgan fingerprint density at radius 2 is 1.53 bits per heavy atom. The van der Waals surface area contributed by atoms with Crippen LogP contribution in [0, 0.1) is 11.8 Å². The molecule has 1 saturated carbocycles. The zero-order valence-electron chi connectivity index (χ0n) is 18.0. The first-order valence-corrected chi connectivity index (χ1v) is 10.6. The molecule has 178 valence electrons. The maximum Gasteiger partial charge on any atom is 0.335 e. The molecular formula is C22H32N2O8. The summed E-state index contributed by atoms with van der Waals surface area (Å²) in [6, 6.07) is 7.46. The number of morpholine rings is 1. The highest BCUT2D eigenvalue weighted by molar-refractivity contribution is 5.87. The summed E-state index contributed by atoms with van der Waals surface area (Å²) in [6.07, 6.45) is 1.73. The van der Waals surface area contributed by atoms with Gasteiger partial charge in [0.25, 0.3) is 12.9 Å². The number of ether oxygens (including phenoxy) is 1. The minimum Gasteiger partial charge on any atom is -0.483 e. The predicted molar refractivity (Wildman–Crippen MR) is 114 cm³/mol. The van der Waals surface area contributed by atoms with E-state index in [2.05, 4.69) is 9.80 Å². The van der Waals surface area contributed by atoms with E-state index in [9.17, 15) is 9.90 Å². The van der Waals surface area contributed by atoms with Crippen LogP contribution >= 0.6 is 0 Å². The molecule has 0 spiro atoms. The number of carboxylic acids is 1. The number of aromatic carboxylic acids is 1. The van der Waals surface area contributed by atoms with Gasteiger partial charge >= 0.3 is 5.97 Å². The van der Waals surface area contributed by atoms with Crippen molar-refractivity contribution < 1.29 is 39.5 Å². The molecule has 1 aromatic rings. The molecule has 10 heteroatoms. The number of likely N-dealkylation sites (tertiary alicyclic amines) is 1. The van der Waals surface area contributed by atoms with E-state index in [0.717, 1.165) is 64.3 Å². The maximum absolute atomic E-state index is 11.0. The van der Waals surface area contributed by atoms with Crippen LogP contribution in [0.2, 0.25) is 0 Å². The van der Waals surface area contributed by atoms with Gasteiger partial charge in [-0.1, -0.05) is 12.1 Å². The highest BCUT2D eigenvalue weighted by Crippen LogP contribution is 2.38. The molecule has 4 atom stereocenters. The first-order chi connectivity index (χ1) is 15.4. The minimum atomic E-state index is -0.883. The molecule has 4 rings (SSSR count). The zero-order chi connectivity index (χ0) is 23.5. The summed E-state index contributed by atoms with van der Waals surface area (Å²) in [5.41, 5.74) is 1.49. The second-order valence-electron chi connectivity index (χ2n) is 8.18. The zero-order valence-corrected chi connectivity index (χ0v) is 18.0. The van der Waals surface area contributed by atoms with Crippen LogP contribution in [0.25, 0.3) is 0 Å². The number of carbonyl (C=O) groups is 3. The molecule has 32 heavy (non-hydrogen) atoms. The second kappa shape index (κ2) is 13.1. The fourth-order valence-electron chi connectivity index (χ4n) is 4.95. The molecule has 0 unspecified atom stereocenters. The van der Waals surface area contributed by atoms with E-state index in [1.54, 1.807) is 12.1 Å². The lowest BCUT2D eigenvalue weighted by molar-refractivity contribution is -0.123. The minimum absolute atomic E-state index is 0.232. The van der Waals surface area contributed by atoms with Crippen molar-refractivity contribution in [3.63, 3.8) is 0 Å². The fourth-order valence-corrected chi connectivity index (χ4v) is 4.95. The molecule has 2 aliphatic heterocycles. The number of carboxylic acid groups (broad SMARTS) is 3. The Labute approximate surface area is 187 Å². The highest BCUT2D eigenvalue weighted by atomic mass is 16.5. The molecule has 0 aromatic heterocycles. The first-order valence-electron chi connectivity index (χ1n) is 10.6. The van der Waals surface area contributed by atoms with Gasteiger partial charge in [0.15, 0.2) is 0 Å². The molecule has 2 saturated heterocycles. The van der Waals surface area contributed by atoms with E-state index in [0.29, 0.717) is 17.4 Å². The van der Waals surface area contributed by atoms with Crippen LogP contribution < -0.4 is 0 Å². The van der Waals surface area contributed by atoms with E-state index in [1.165, 1.54) is 0 Å². The van der Waals surface area contributed by atoms with Crippen molar-refractivity contribution in [2.75, 3.05) is 39.4 Å². The number of hydrogen-bond donors (Lipinski definition) is 4. The average Bonchev–Trinajstić information content (AvgIpc) is 3.16. The van der Waals surface area contributed by atoms with Crippen LogP contribution in [0.3, 0.4) is 0 Å². The Hall–Kier alpha value is -2.53. The van der Waals surface area contributed by atoms with Crippen LogP contribution in [0.5, 0.6) is 0 Å². The van der Waals surface area contributed by atoms with E-state index in [1.807, 2.05) is 12.1 Å². The number of hydrogen-bond acceptors (Lipinski definition) is 7. The molecule has 1 aliphatic carbocycles. The van der Waals surface area contributed by atoms with Crippen molar-refractivity contribution in [2.24, 2.45) is 11.8 Å². The first kappa shape index (κ1) is 25.7. The predicted octanol–water partition coefficient (Wildman–Crippen LogP) is 0.690. The van der Waals surface area contributed by atoms with Crippen LogP contribution in [-0.2, 0) is 20.9 Å². The Balaban J connectivity index is 0.000000547. The summed E-state index contributed by atoms with van der Waals surface area (Å²) < 4.78 is 5.45. The van der Waals surface area contributed by atoms with Gasteiger partial charge < -0.3 is 25.2 Å². The molecule has 0 amide bonds. The summed E-state index contributed by atoms with van der Waals surface area (Å²) in [4.78, 5) is 32.6. The summed E-state index contributed by atoms with van der Waals surface area (Å²) in [7, 11) is 0. The number of fused-ring (bicyclic) bond motifs is 1. The van der Waals surface area contributed by atoms with Gasteiger partial charge in [-0.25, -0.2) is 4.79 Å². The van der Waals surface area contributed by atoms with Crippen LogP contribution in [0.15, 0.2) is 24.3 Å². The van der Waals surface area contributed by atoms with E-state index >= 15 is 0 Å². The van der Waals surface area contributed by atoms with Gasteiger partial charge in [0, 0.05) is 38.8 Å². The molecule has 3 aliphatic rings. The largest absolute Gasteiger partial charge is 0.483 e. The molecule has 10 nitrogen and oxygen atoms in total. The van der Waals surface area contributed by atoms with Crippen LogP contribution in [0.1, 0.15) is 28.8 Å². The van der Waals surface area contributed by atoms with Crippen molar-refractivity contribution >= 4 is 18.9 Å². The molecule has 0 radical (unpaired) electrons. The number of benzene rings is 1. The van der Waals surface area contributed by atoms with Crippen molar-refractivity contribution in [3.8, 4) is 0 Å². The molecule has 0 bridgehead atoms. The van der Waals surface area contributed by atoms with Gasteiger partial charge in [0.1, 0.15) is 0 Å². The number of aliphatic hydroxyl groups is 1. The lowest BCUT2D eigenvalue weighted by Crippen LogP contribution is -2.53. The van der Waals surface area contributed by atoms with Crippen LogP contribution in [-0.4, -0.2) is 101 Å². The quantitative estimate of drug-likeness (QED) is 0.481. The lowest BCUT2D eigenvalue weighted by Gasteiger charge is -2.43. The van der Waals surface area contributed by atoms with Crippen molar-refractivity contribution in [3.05, 3.63) is 35.4 Å². The third-order valence-corrected chi connectivity index (χ3v) is 6.31. The topological polar surface area (TPSA) is 148 Å². The Bertz CT molecular complexity index is 717. The summed E-state index contributed by atoms with van der Waals surface area (Å²) in [5, 5.41) is 33.5. The van der Waals surface area contributed by atoms with Gasteiger partial charge in [-0.05, 0) is 42.4 Å². The third kappa shape index (κ3) is 7.27. The number of aliphatic hydroxyl groups excluding tert-OH is 1. The smallest absolute Gasteiger partial charge is 0.335 e. The van der Waals surface area contributed by atoms with E-state index in [4.69, 9.17) is 29.6 Å². The summed E-state index contributed by atoms with van der Waals surface area (Å²) in [5.74, 6) is 0.331. The summed E-state index contributed by atoms with van der Waals surface area (Å²) in [6.45, 7) is 5.85. The molecule has 3 fully saturated rings. The van der Waals surface area contributed by atoms with E-state index < -0.39 is 5.97 Å². The molecule has 4 N–H and O–H groups in total. The Kier molecular flexibility index (Phi) is 10.5. The van der Waals surface area contributed by atoms with Gasteiger partial charge in [-0.2, -0.15) is 0 Å². The van der Waals surface area contributed by atoms with Crippen LogP contribution in [0.4, 0.5) is 0 Å². The maximum atomic E-state index is 11.0. The lowest BCUT2D eigenvalue weighted by atomic mass is 9.77. The standard InChI is InChI=1S/C20H28N2O4.2CH2O2/c23-19-10-17-13-21(11-14-1-3-15(4-2-14)20(24)25)12-16(17)9-18(19)22-5-7-26-8-6-22;2*2-1-3/h1-4,16-19,23H,5-13H2,(H,24,25);2*1H,(H,2,3)/t16-,17+,18-,19-;;/m1../s1. The average molecular weight is 453 g/mol. The van der Waals surface area contributed by atoms with Crippen molar-refractivity contribution in [2.45, 2.75) is 31.5 Å². The van der Waals surface area contributed by atoms with Crippen molar-refractivity contribution in [1.29, 1.82) is 0 Å². The normalized spacial score (nSPS) is 27.7. The number of rotatable bonds is 4. The van der Waals surface area contributed by atoms with E-state index in [-0.39, 0.29) is 25.1 Å². The Morgan fingerprint density at radius 3 is 2.06 bits per heavy atom. The van der Waals surface area contributed by atoms with Gasteiger partial charge in [-0.15, -0.1) is 0 Å². The van der Waals surface area contributed by atoms with Crippen molar-refractivity contribution in [1.82, 2.24) is 9.80 Å². The molecule has 1 aromatic carbocycles. The van der Waals surface area contributed by atoms with Gasteiger partial charge in [-0.3, -0.25) is 19.4 Å². The summed E-state index contributed by atoms with van der Waals surface area (Å²) >= 11 is 0. The van der Waals surface area contributed by atoms with Gasteiger partial charge in [0.2, 0.25) is 0 Å². The number of nitrogens with zero attached hydrogens (tertiary/aromatic N) is 2. The molecular weight excluding hydrogens is 420 g/mol. The SMILES string of the molecule is O=C(O)c1ccc(CN2C[C@H]3C[C@@H](N4CCOCC4)[C@H](O)C[C@H]3C2)cc1.O=CO.O=CO. The second-order valence-corrected chi connectivity index (χ2v) is 8.18. The third-order valence-electron chi connectivity index (χ3n) is 6.31. The molecule has 2 heterocycles. The Morgan fingerprint density at radius 1 is 1.00 bits per heavy atom. The fraction of sp³-hybridized carbons (Fsp3) is 0.591. The van der Waals surface area contributed by atoms with Gasteiger partial charge in [0.05, 0.1) is 24.9 Å². The highest BCUT2D eigenvalue weighted by Gasteiger charge is 2.43. The monoisotopic (exact) mass is 452 g/mol.